The Morgan fingerprint density at radius 2 is 2.00 bits per heavy atom. The number of benzene rings is 1. The Balaban J connectivity index is 2.09. The van der Waals surface area contributed by atoms with Gasteiger partial charge in [0.2, 0.25) is 0 Å². The average molecular weight is 270 g/mol. The average Bonchev–Trinajstić information content (AvgIpc) is 2.85. The van der Waals surface area contributed by atoms with Gasteiger partial charge < -0.3 is 5.11 Å². The molecule has 3 aromatic rings. The summed E-state index contributed by atoms with van der Waals surface area (Å²) in [5.41, 5.74) is 3.16. The Morgan fingerprint density at radius 3 is 2.79 bits per heavy atom. The third-order valence-corrected chi connectivity index (χ3v) is 3.75. The molecule has 19 heavy (non-hydrogen) atoms. The number of carboxylic acids is 1. The largest absolute Gasteiger partial charge is 0.481 e. The van der Waals surface area contributed by atoms with Crippen LogP contribution in [0.2, 0.25) is 0 Å². The van der Waals surface area contributed by atoms with Crippen LogP contribution in [0.15, 0.2) is 41.9 Å². The van der Waals surface area contributed by atoms with Crippen LogP contribution in [0.25, 0.3) is 21.6 Å². The first-order valence-electron chi connectivity index (χ1n) is 5.74. The van der Waals surface area contributed by atoms with E-state index < -0.39 is 5.97 Å². The van der Waals surface area contributed by atoms with Crippen molar-refractivity contribution in [3.05, 3.63) is 47.5 Å². The SMILES string of the molecule is O=C(O)Cc1ccsc1-c1cnc2ccccc2n1. The summed E-state index contributed by atoms with van der Waals surface area (Å²) in [6.45, 7) is 0. The Kier molecular flexibility index (Phi) is 2.97. The highest BCUT2D eigenvalue weighted by molar-refractivity contribution is 7.13. The van der Waals surface area contributed by atoms with E-state index in [1.807, 2.05) is 35.7 Å². The molecule has 0 unspecified atom stereocenters. The van der Waals surface area contributed by atoms with Gasteiger partial charge in [-0.2, -0.15) is 0 Å². The van der Waals surface area contributed by atoms with Gasteiger partial charge in [-0.25, -0.2) is 4.98 Å². The Labute approximate surface area is 113 Å². The van der Waals surface area contributed by atoms with Crippen molar-refractivity contribution >= 4 is 28.3 Å². The minimum atomic E-state index is -0.839. The molecule has 3 rings (SSSR count). The van der Waals surface area contributed by atoms with E-state index in [0.29, 0.717) is 0 Å². The second kappa shape index (κ2) is 4.78. The van der Waals surface area contributed by atoms with E-state index in [9.17, 15) is 4.79 Å². The van der Waals surface area contributed by atoms with Crippen LogP contribution >= 0.6 is 11.3 Å². The van der Waals surface area contributed by atoms with Crippen LogP contribution in [0.5, 0.6) is 0 Å². The predicted octanol–water partition coefficient (Wildman–Crippen LogP) is 2.99. The van der Waals surface area contributed by atoms with Crippen molar-refractivity contribution in [3.8, 4) is 10.6 Å². The molecule has 4 nitrogen and oxygen atoms in total. The molecule has 0 fully saturated rings. The maximum absolute atomic E-state index is 10.8. The van der Waals surface area contributed by atoms with E-state index in [4.69, 9.17) is 5.11 Å². The number of carbonyl (C=O) groups is 1. The third-order valence-electron chi connectivity index (χ3n) is 2.77. The summed E-state index contributed by atoms with van der Waals surface area (Å²) in [6.07, 6.45) is 1.70. The summed E-state index contributed by atoms with van der Waals surface area (Å²) < 4.78 is 0. The van der Waals surface area contributed by atoms with Crippen molar-refractivity contribution in [1.29, 1.82) is 0 Å². The number of hydrogen-bond donors (Lipinski definition) is 1. The van der Waals surface area contributed by atoms with Crippen molar-refractivity contribution in [1.82, 2.24) is 9.97 Å². The fourth-order valence-electron chi connectivity index (χ4n) is 1.93. The lowest BCUT2D eigenvalue weighted by Gasteiger charge is -2.02. The quantitative estimate of drug-likeness (QED) is 0.794. The highest BCUT2D eigenvalue weighted by Crippen LogP contribution is 2.29. The lowest BCUT2D eigenvalue weighted by Crippen LogP contribution is -2.00. The van der Waals surface area contributed by atoms with E-state index in [-0.39, 0.29) is 6.42 Å². The minimum absolute atomic E-state index is 0.00728. The molecule has 0 spiro atoms. The molecule has 0 bridgehead atoms. The number of carboxylic acid groups (broad SMARTS) is 1. The molecule has 0 aliphatic heterocycles. The van der Waals surface area contributed by atoms with Crippen LogP contribution in [-0.2, 0) is 11.2 Å². The lowest BCUT2D eigenvalue weighted by atomic mass is 10.1. The molecule has 0 aliphatic carbocycles. The van der Waals surface area contributed by atoms with Crippen LogP contribution in [0.4, 0.5) is 0 Å². The Bertz CT molecular complexity index is 752. The van der Waals surface area contributed by atoms with Crippen molar-refractivity contribution in [3.63, 3.8) is 0 Å². The van der Waals surface area contributed by atoms with Gasteiger partial charge in [0.15, 0.2) is 0 Å². The van der Waals surface area contributed by atoms with Gasteiger partial charge in [-0.15, -0.1) is 11.3 Å². The highest BCUT2D eigenvalue weighted by atomic mass is 32.1. The molecule has 94 valence electrons. The van der Waals surface area contributed by atoms with Crippen LogP contribution in [0, 0.1) is 0 Å². The van der Waals surface area contributed by atoms with Gasteiger partial charge in [-0.1, -0.05) is 12.1 Å². The van der Waals surface area contributed by atoms with Crippen molar-refractivity contribution in [2.75, 3.05) is 0 Å². The molecule has 0 atom stereocenters. The zero-order chi connectivity index (χ0) is 13.2. The number of fused-ring (bicyclic) bond motifs is 1. The molecule has 2 aromatic heterocycles. The third kappa shape index (κ3) is 2.32. The minimum Gasteiger partial charge on any atom is -0.481 e. The molecular formula is C14H10N2O2S. The van der Waals surface area contributed by atoms with Gasteiger partial charge in [-0.3, -0.25) is 9.78 Å². The molecule has 0 saturated heterocycles. The number of aromatic nitrogens is 2. The number of nitrogens with zero attached hydrogens (tertiary/aromatic N) is 2. The number of hydrogen-bond acceptors (Lipinski definition) is 4. The van der Waals surface area contributed by atoms with Gasteiger partial charge in [0.25, 0.3) is 0 Å². The van der Waals surface area contributed by atoms with Crippen LogP contribution in [0.3, 0.4) is 0 Å². The zero-order valence-corrected chi connectivity index (χ0v) is 10.7. The summed E-state index contributed by atoms with van der Waals surface area (Å²) in [4.78, 5) is 20.6. The fourth-order valence-corrected chi connectivity index (χ4v) is 2.81. The normalized spacial score (nSPS) is 10.7. The first-order valence-corrected chi connectivity index (χ1v) is 6.62. The van der Waals surface area contributed by atoms with E-state index in [1.54, 1.807) is 6.20 Å². The highest BCUT2D eigenvalue weighted by Gasteiger charge is 2.12. The van der Waals surface area contributed by atoms with Crippen LogP contribution in [-0.4, -0.2) is 21.0 Å². The molecule has 5 heteroatoms. The van der Waals surface area contributed by atoms with Crippen molar-refractivity contribution in [2.24, 2.45) is 0 Å². The molecule has 1 aromatic carbocycles. The molecule has 0 radical (unpaired) electrons. The second-order valence-electron chi connectivity index (χ2n) is 4.09. The monoisotopic (exact) mass is 270 g/mol. The van der Waals surface area contributed by atoms with Gasteiger partial charge >= 0.3 is 5.97 Å². The first kappa shape index (κ1) is 11.8. The van der Waals surface area contributed by atoms with Gasteiger partial charge in [0.05, 0.1) is 34.2 Å². The molecular weight excluding hydrogens is 260 g/mol. The zero-order valence-electron chi connectivity index (χ0n) is 9.91. The van der Waals surface area contributed by atoms with Gasteiger partial charge in [-0.05, 0) is 29.1 Å². The molecule has 1 N–H and O–H groups in total. The van der Waals surface area contributed by atoms with E-state index in [1.165, 1.54) is 11.3 Å². The Hall–Kier alpha value is -2.27. The molecule has 0 aliphatic rings. The summed E-state index contributed by atoms with van der Waals surface area (Å²) in [5, 5.41) is 10.8. The van der Waals surface area contributed by atoms with E-state index in [2.05, 4.69) is 9.97 Å². The molecule has 0 amide bonds. The maximum atomic E-state index is 10.8. The summed E-state index contributed by atoms with van der Waals surface area (Å²) in [6, 6.07) is 9.45. The lowest BCUT2D eigenvalue weighted by molar-refractivity contribution is -0.136. The molecule has 0 saturated carbocycles. The van der Waals surface area contributed by atoms with Crippen molar-refractivity contribution in [2.45, 2.75) is 6.42 Å². The summed E-state index contributed by atoms with van der Waals surface area (Å²) >= 11 is 1.49. The van der Waals surface area contributed by atoms with Gasteiger partial charge in [0, 0.05) is 0 Å². The summed E-state index contributed by atoms with van der Waals surface area (Å²) in [5.74, 6) is -0.839. The fraction of sp³-hybridized carbons (Fsp3) is 0.0714. The number of aliphatic carboxylic acids is 1. The van der Waals surface area contributed by atoms with Gasteiger partial charge in [0.1, 0.15) is 0 Å². The predicted molar refractivity (Wildman–Crippen MR) is 74.2 cm³/mol. The molecule has 2 heterocycles. The maximum Gasteiger partial charge on any atom is 0.307 e. The second-order valence-corrected chi connectivity index (χ2v) is 5.01. The first-order chi connectivity index (χ1) is 9.24. The Morgan fingerprint density at radius 1 is 1.21 bits per heavy atom. The number of rotatable bonds is 3. The van der Waals surface area contributed by atoms with E-state index in [0.717, 1.165) is 27.2 Å². The summed E-state index contributed by atoms with van der Waals surface area (Å²) in [7, 11) is 0. The van der Waals surface area contributed by atoms with Crippen molar-refractivity contribution < 1.29 is 9.90 Å². The van der Waals surface area contributed by atoms with Crippen LogP contribution < -0.4 is 0 Å². The standard InChI is InChI=1S/C14H10N2O2S/c17-13(18)7-9-5-6-19-14(9)12-8-15-10-3-1-2-4-11(10)16-12/h1-6,8H,7H2,(H,17,18). The number of para-hydroxylation sites is 2. The topological polar surface area (TPSA) is 63.1 Å². The van der Waals surface area contributed by atoms with Crippen LogP contribution in [0.1, 0.15) is 5.56 Å². The van der Waals surface area contributed by atoms with E-state index >= 15 is 0 Å². The smallest absolute Gasteiger partial charge is 0.307 e. The number of thiophene rings is 1.